The molecule has 10 heteroatoms. The summed E-state index contributed by atoms with van der Waals surface area (Å²) in [6.07, 6.45) is 0. The molecular formula is C23H26ClN5O3S. The number of hydrogen-bond donors (Lipinski definition) is 1. The molecule has 0 spiro atoms. The lowest BCUT2D eigenvalue weighted by atomic mass is 10.2. The van der Waals surface area contributed by atoms with Gasteiger partial charge in [0, 0.05) is 31.7 Å². The van der Waals surface area contributed by atoms with Crippen molar-refractivity contribution in [1.82, 2.24) is 15.1 Å². The van der Waals surface area contributed by atoms with Crippen LogP contribution in [0.15, 0.2) is 52.1 Å². The number of amides is 1. The minimum atomic E-state index is -0.170. The van der Waals surface area contributed by atoms with Crippen LogP contribution in [0.1, 0.15) is 6.92 Å². The van der Waals surface area contributed by atoms with Gasteiger partial charge < -0.3 is 24.3 Å². The molecule has 8 nitrogen and oxygen atoms in total. The molecule has 1 aliphatic rings. The Labute approximate surface area is 202 Å². The number of hydrogen-bond acceptors (Lipinski definition) is 8. The highest BCUT2D eigenvalue weighted by Gasteiger charge is 2.21. The van der Waals surface area contributed by atoms with E-state index < -0.39 is 0 Å². The fourth-order valence-electron chi connectivity index (χ4n) is 3.68. The zero-order chi connectivity index (χ0) is 23.2. The normalized spacial score (nSPS) is 14.3. The third kappa shape index (κ3) is 5.79. The summed E-state index contributed by atoms with van der Waals surface area (Å²) in [5.41, 5.74) is 2.33. The number of nitrogens with zero attached hydrogens (tertiary/aromatic N) is 4. The number of piperazine rings is 1. The summed E-state index contributed by atoms with van der Waals surface area (Å²) in [5, 5.41) is 12.1. The molecule has 0 aliphatic carbocycles. The Bertz CT molecular complexity index is 1100. The van der Waals surface area contributed by atoms with Gasteiger partial charge >= 0.3 is 0 Å². The number of nitrogens with one attached hydrogen (secondary N) is 1. The number of ether oxygens (including phenoxy) is 1. The molecule has 33 heavy (non-hydrogen) atoms. The van der Waals surface area contributed by atoms with Crippen LogP contribution in [0.5, 0.6) is 5.75 Å². The summed E-state index contributed by atoms with van der Waals surface area (Å²) in [7, 11) is 1.60. The lowest BCUT2D eigenvalue weighted by Gasteiger charge is -2.36. The van der Waals surface area contributed by atoms with Crippen molar-refractivity contribution in [3.05, 3.63) is 47.5 Å². The summed E-state index contributed by atoms with van der Waals surface area (Å²) >= 11 is 7.70. The van der Waals surface area contributed by atoms with Gasteiger partial charge in [0.05, 0.1) is 29.3 Å². The van der Waals surface area contributed by atoms with E-state index in [1.165, 1.54) is 11.8 Å². The van der Waals surface area contributed by atoms with Gasteiger partial charge in [-0.3, -0.25) is 4.79 Å². The molecule has 2 aromatic carbocycles. The first kappa shape index (κ1) is 23.4. The molecule has 4 rings (SSSR count). The van der Waals surface area contributed by atoms with E-state index in [0.717, 1.165) is 44.0 Å². The van der Waals surface area contributed by atoms with Crippen molar-refractivity contribution in [2.75, 3.05) is 55.8 Å². The molecule has 174 valence electrons. The minimum Gasteiger partial charge on any atom is -0.497 e. The number of likely N-dealkylation sites (N-methyl/N-ethyl adjacent to an activating group) is 1. The fourth-order valence-corrected chi connectivity index (χ4v) is 4.54. The van der Waals surface area contributed by atoms with E-state index in [0.29, 0.717) is 27.6 Å². The molecule has 2 heterocycles. The first-order valence-corrected chi connectivity index (χ1v) is 12.1. The van der Waals surface area contributed by atoms with Crippen LogP contribution in [0.25, 0.3) is 11.5 Å². The summed E-state index contributed by atoms with van der Waals surface area (Å²) < 4.78 is 10.9. The molecule has 1 aromatic heterocycles. The molecule has 1 amide bonds. The van der Waals surface area contributed by atoms with Crippen molar-refractivity contribution in [2.24, 2.45) is 0 Å². The van der Waals surface area contributed by atoms with Crippen LogP contribution in [0, 0.1) is 0 Å². The van der Waals surface area contributed by atoms with Gasteiger partial charge in [-0.25, -0.2) is 0 Å². The van der Waals surface area contributed by atoms with Crippen LogP contribution in [0.2, 0.25) is 5.02 Å². The number of para-hydroxylation sites is 1. The minimum absolute atomic E-state index is 0.134. The first-order valence-electron chi connectivity index (χ1n) is 10.7. The lowest BCUT2D eigenvalue weighted by molar-refractivity contribution is -0.113. The van der Waals surface area contributed by atoms with Gasteiger partial charge in [0.2, 0.25) is 11.8 Å². The second-order valence-electron chi connectivity index (χ2n) is 7.50. The van der Waals surface area contributed by atoms with E-state index in [9.17, 15) is 4.79 Å². The number of thioether (sulfide) groups is 1. The monoisotopic (exact) mass is 487 g/mol. The molecule has 1 N–H and O–H groups in total. The van der Waals surface area contributed by atoms with Gasteiger partial charge in [-0.1, -0.05) is 42.4 Å². The van der Waals surface area contributed by atoms with Crippen molar-refractivity contribution in [1.29, 1.82) is 0 Å². The van der Waals surface area contributed by atoms with Crippen LogP contribution in [0.4, 0.5) is 11.4 Å². The maximum absolute atomic E-state index is 12.7. The number of aromatic nitrogens is 2. The van der Waals surface area contributed by atoms with Gasteiger partial charge in [-0.2, -0.15) is 0 Å². The van der Waals surface area contributed by atoms with Crippen molar-refractivity contribution in [2.45, 2.75) is 12.1 Å². The fraction of sp³-hybridized carbons (Fsp3) is 0.348. The second kappa shape index (κ2) is 10.9. The molecule has 0 saturated carbocycles. The zero-order valence-electron chi connectivity index (χ0n) is 18.6. The maximum Gasteiger partial charge on any atom is 0.277 e. The number of carbonyl (C=O) groups is 1. The second-order valence-corrected chi connectivity index (χ2v) is 8.83. The molecule has 0 atom stereocenters. The van der Waals surface area contributed by atoms with Gasteiger partial charge in [-0.05, 0) is 36.9 Å². The van der Waals surface area contributed by atoms with Gasteiger partial charge in [0.15, 0.2) is 0 Å². The average Bonchev–Trinajstić information content (AvgIpc) is 3.32. The maximum atomic E-state index is 12.7. The van der Waals surface area contributed by atoms with E-state index in [1.54, 1.807) is 7.11 Å². The summed E-state index contributed by atoms with van der Waals surface area (Å²) in [6.45, 7) is 6.87. The first-order chi connectivity index (χ1) is 16.1. The number of rotatable bonds is 8. The molecule has 1 aliphatic heterocycles. The largest absolute Gasteiger partial charge is 0.497 e. The topological polar surface area (TPSA) is 83.7 Å². The third-order valence-corrected chi connectivity index (χ3v) is 6.57. The molecular weight excluding hydrogens is 462 g/mol. The van der Waals surface area contributed by atoms with E-state index in [1.807, 2.05) is 42.5 Å². The molecule has 1 saturated heterocycles. The Morgan fingerprint density at radius 2 is 1.97 bits per heavy atom. The average molecular weight is 488 g/mol. The molecule has 0 unspecified atom stereocenters. The van der Waals surface area contributed by atoms with Crippen molar-refractivity contribution in [3.63, 3.8) is 0 Å². The predicted molar refractivity (Wildman–Crippen MR) is 131 cm³/mol. The predicted octanol–water partition coefficient (Wildman–Crippen LogP) is 4.27. The summed E-state index contributed by atoms with van der Waals surface area (Å²) in [5.74, 6) is 1.04. The summed E-state index contributed by atoms with van der Waals surface area (Å²) in [4.78, 5) is 17.3. The Balaban J connectivity index is 1.38. The molecule has 0 radical (unpaired) electrons. The van der Waals surface area contributed by atoms with Crippen molar-refractivity contribution in [3.8, 4) is 17.2 Å². The Kier molecular flexibility index (Phi) is 7.74. The van der Waals surface area contributed by atoms with Gasteiger partial charge in [0.25, 0.3) is 5.22 Å². The zero-order valence-corrected chi connectivity index (χ0v) is 20.2. The van der Waals surface area contributed by atoms with E-state index in [-0.39, 0.29) is 11.7 Å². The molecule has 0 bridgehead atoms. The SMILES string of the molecule is CCN1CCN(c2c(Cl)cccc2NC(=O)CSc2nnc(-c3cccc(OC)c3)o2)CC1. The number of anilines is 2. The highest BCUT2D eigenvalue weighted by molar-refractivity contribution is 7.99. The van der Waals surface area contributed by atoms with E-state index in [2.05, 4.69) is 32.2 Å². The quantitative estimate of drug-likeness (QED) is 0.471. The highest BCUT2D eigenvalue weighted by Crippen LogP contribution is 2.35. The Morgan fingerprint density at radius 3 is 2.73 bits per heavy atom. The Hall–Kier alpha value is -2.75. The van der Waals surface area contributed by atoms with Crippen molar-refractivity contribution >= 4 is 40.6 Å². The van der Waals surface area contributed by atoms with E-state index >= 15 is 0 Å². The summed E-state index contributed by atoms with van der Waals surface area (Å²) in [6, 6.07) is 12.9. The molecule has 1 fully saturated rings. The number of benzene rings is 2. The number of methoxy groups -OCH3 is 1. The highest BCUT2D eigenvalue weighted by atomic mass is 35.5. The Morgan fingerprint density at radius 1 is 1.18 bits per heavy atom. The van der Waals surface area contributed by atoms with Crippen LogP contribution in [-0.4, -0.2) is 66.6 Å². The van der Waals surface area contributed by atoms with Gasteiger partial charge in [0.1, 0.15) is 5.75 Å². The number of halogens is 1. The van der Waals surface area contributed by atoms with Gasteiger partial charge in [-0.15, -0.1) is 10.2 Å². The lowest BCUT2D eigenvalue weighted by Crippen LogP contribution is -2.46. The van der Waals surface area contributed by atoms with Crippen LogP contribution >= 0.6 is 23.4 Å². The van der Waals surface area contributed by atoms with Crippen molar-refractivity contribution < 1.29 is 13.9 Å². The molecule has 3 aromatic rings. The number of carbonyl (C=O) groups excluding carboxylic acids is 1. The van der Waals surface area contributed by atoms with Crippen LogP contribution in [-0.2, 0) is 4.79 Å². The van der Waals surface area contributed by atoms with Crippen LogP contribution < -0.4 is 15.0 Å². The smallest absolute Gasteiger partial charge is 0.277 e. The third-order valence-electron chi connectivity index (χ3n) is 5.45. The van der Waals surface area contributed by atoms with E-state index in [4.69, 9.17) is 20.8 Å². The standard InChI is InChI=1S/C23H26ClN5O3S/c1-3-28-10-12-29(13-11-28)21-18(24)8-5-9-19(21)25-20(30)15-33-23-27-26-22(32-23)16-6-4-7-17(14-16)31-2/h4-9,14H,3,10-13,15H2,1-2H3,(H,25,30). The van der Waals surface area contributed by atoms with Crippen LogP contribution in [0.3, 0.4) is 0 Å².